The molecule has 0 aliphatic heterocycles. The molecule has 4 aromatic carbocycles. The zero-order valence-electron chi connectivity index (χ0n) is 19.7. The summed E-state index contributed by atoms with van der Waals surface area (Å²) in [7, 11) is 0. The van der Waals surface area contributed by atoms with Crippen LogP contribution >= 0.6 is 0 Å². The molecule has 36 heavy (non-hydrogen) atoms. The monoisotopic (exact) mass is 492 g/mol. The van der Waals surface area contributed by atoms with Gasteiger partial charge in [-0.15, -0.1) is 0 Å². The maximum atomic E-state index is 15.0. The highest BCUT2D eigenvalue weighted by Gasteiger charge is 2.18. The molecule has 7 heteroatoms. The van der Waals surface area contributed by atoms with E-state index in [4.69, 9.17) is 14.2 Å². The summed E-state index contributed by atoms with van der Waals surface area (Å²) in [5.74, 6) is -2.80. The van der Waals surface area contributed by atoms with Crippen LogP contribution in [0.25, 0.3) is 22.3 Å². The summed E-state index contributed by atoms with van der Waals surface area (Å²) in [5.41, 5.74) is 1.17. The number of hydrogen-bond donors (Lipinski definition) is 0. The first-order valence-corrected chi connectivity index (χ1v) is 11.4. The zero-order valence-corrected chi connectivity index (χ0v) is 19.7. The van der Waals surface area contributed by atoms with Gasteiger partial charge in [0.1, 0.15) is 11.5 Å². The Morgan fingerprint density at radius 2 is 1.17 bits per heavy atom. The Hall–Kier alpha value is -4.26. The van der Waals surface area contributed by atoms with Gasteiger partial charge in [0.2, 0.25) is 0 Å². The maximum Gasteiger partial charge on any atom is 0.343 e. The predicted octanol–water partition coefficient (Wildman–Crippen LogP) is 7.45. The van der Waals surface area contributed by atoms with Crippen molar-refractivity contribution in [3.8, 4) is 39.5 Å². The number of rotatable bonds is 8. The minimum Gasteiger partial charge on any atom is -0.494 e. The first kappa shape index (κ1) is 24.9. The van der Waals surface area contributed by atoms with Crippen LogP contribution in [0.5, 0.6) is 17.2 Å². The number of ether oxygens (including phenoxy) is 3. The molecule has 4 rings (SSSR count). The van der Waals surface area contributed by atoms with Gasteiger partial charge in [0.05, 0.1) is 18.8 Å². The van der Waals surface area contributed by atoms with E-state index in [0.717, 1.165) is 6.07 Å². The van der Waals surface area contributed by atoms with Crippen molar-refractivity contribution >= 4 is 5.97 Å². The fourth-order valence-electron chi connectivity index (χ4n) is 3.66. The minimum atomic E-state index is -1.01. The van der Waals surface area contributed by atoms with E-state index >= 15 is 0 Å². The van der Waals surface area contributed by atoms with Crippen LogP contribution in [0.4, 0.5) is 13.2 Å². The average Bonchev–Trinajstić information content (AvgIpc) is 2.88. The second kappa shape index (κ2) is 11.0. The molecule has 0 saturated heterocycles. The molecule has 0 heterocycles. The van der Waals surface area contributed by atoms with Crippen LogP contribution in [0.15, 0.2) is 78.9 Å². The molecule has 0 aliphatic rings. The van der Waals surface area contributed by atoms with Gasteiger partial charge in [-0.3, -0.25) is 0 Å². The van der Waals surface area contributed by atoms with Crippen LogP contribution in [-0.2, 0) is 0 Å². The molecule has 0 atom stereocenters. The Bertz CT molecular complexity index is 1370. The third kappa shape index (κ3) is 5.35. The van der Waals surface area contributed by atoms with E-state index in [1.807, 2.05) is 6.92 Å². The first-order chi connectivity index (χ1) is 17.4. The van der Waals surface area contributed by atoms with Crippen LogP contribution in [-0.4, -0.2) is 19.2 Å². The number of carbonyl (C=O) groups is 1. The Morgan fingerprint density at radius 3 is 1.69 bits per heavy atom. The summed E-state index contributed by atoms with van der Waals surface area (Å²) in [6, 6.07) is 19.4. The molecule has 4 nitrogen and oxygen atoms in total. The second-order valence-corrected chi connectivity index (χ2v) is 7.74. The van der Waals surface area contributed by atoms with E-state index in [9.17, 15) is 18.0 Å². The lowest BCUT2D eigenvalue weighted by atomic mass is 9.98. The van der Waals surface area contributed by atoms with Crippen molar-refractivity contribution in [3.05, 3.63) is 102 Å². The Labute approximate surface area is 206 Å². The summed E-state index contributed by atoms with van der Waals surface area (Å²) in [4.78, 5) is 12.4. The summed E-state index contributed by atoms with van der Waals surface area (Å²) in [6.07, 6.45) is 0. The van der Waals surface area contributed by atoms with Crippen molar-refractivity contribution in [2.45, 2.75) is 13.8 Å². The van der Waals surface area contributed by atoms with Gasteiger partial charge in [0, 0.05) is 17.2 Å². The van der Waals surface area contributed by atoms with Crippen molar-refractivity contribution in [2.75, 3.05) is 13.2 Å². The fourth-order valence-corrected chi connectivity index (χ4v) is 3.66. The summed E-state index contributed by atoms with van der Waals surface area (Å²) >= 11 is 0. The molecule has 0 saturated carbocycles. The molecule has 184 valence electrons. The van der Waals surface area contributed by atoms with Crippen LogP contribution in [0.2, 0.25) is 0 Å². The number of hydrogen-bond acceptors (Lipinski definition) is 4. The molecular weight excluding hydrogens is 469 g/mol. The highest BCUT2D eigenvalue weighted by molar-refractivity contribution is 5.91. The largest absolute Gasteiger partial charge is 0.494 e. The maximum absolute atomic E-state index is 15.0. The predicted molar refractivity (Wildman–Crippen MR) is 131 cm³/mol. The molecule has 0 amide bonds. The molecule has 0 aliphatic carbocycles. The summed E-state index contributed by atoms with van der Waals surface area (Å²) < 4.78 is 59.8. The van der Waals surface area contributed by atoms with Gasteiger partial charge in [-0.2, -0.15) is 0 Å². The van der Waals surface area contributed by atoms with Gasteiger partial charge < -0.3 is 14.2 Å². The van der Waals surface area contributed by atoms with Gasteiger partial charge in [0.25, 0.3) is 0 Å². The third-order valence-corrected chi connectivity index (χ3v) is 5.41. The fraction of sp³-hybridized carbons (Fsp3) is 0.138. The normalized spacial score (nSPS) is 10.7. The Morgan fingerprint density at radius 1 is 0.667 bits per heavy atom. The van der Waals surface area contributed by atoms with Crippen molar-refractivity contribution in [3.63, 3.8) is 0 Å². The van der Waals surface area contributed by atoms with E-state index < -0.39 is 23.4 Å². The lowest BCUT2D eigenvalue weighted by Crippen LogP contribution is -2.09. The number of esters is 1. The molecule has 0 unspecified atom stereocenters. The van der Waals surface area contributed by atoms with Crippen LogP contribution in [0, 0.1) is 17.5 Å². The van der Waals surface area contributed by atoms with Crippen LogP contribution < -0.4 is 14.2 Å². The molecule has 4 aromatic rings. The number of halogens is 3. The van der Waals surface area contributed by atoms with E-state index in [1.54, 1.807) is 31.2 Å². The van der Waals surface area contributed by atoms with Crippen molar-refractivity contribution in [1.29, 1.82) is 0 Å². The number of carbonyl (C=O) groups excluding carboxylic acids is 1. The Kier molecular flexibility index (Phi) is 7.59. The highest BCUT2D eigenvalue weighted by Crippen LogP contribution is 2.32. The van der Waals surface area contributed by atoms with Crippen LogP contribution in [0.1, 0.15) is 24.2 Å². The molecule has 0 aromatic heterocycles. The van der Waals surface area contributed by atoms with Crippen molar-refractivity contribution in [1.82, 2.24) is 0 Å². The third-order valence-electron chi connectivity index (χ3n) is 5.41. The highest BCUT2D eigenvalue weighted by atomic mass is 19.2. The van der Waals surface area contributed by atoms with Gasteiger partial charge in [-0.05, 0) is 61.4 Å². The molecule has 0 spiro atoms. The smallest absolute Gasteiger partial charge is 0.343 e. The lowest BCUT2D eigenvalue weighted by Gasteiger charge is -2.11. The molecule has 0 radical (unpaired) electrons. The van der Waals surface area contributed by atoms with Gasteiger partial charge >= 0.3 is 5.97 Å². The summed E-state index contributed by atoms with van der Waals surface area (Å²) in [5, 5.41) is 0. The summed E-state index contributed by atoms with van der Waals surface area (Å²) in [6.45, 7) is 4.51. The quantitative estimate of drug-likeness (QED) is 0.189. The SMILES string of the molecule is CCOc1ccc(-c2ccc(-c3ccc(C(=O)Oc4ccc(OCC)cc4F)cc3)c(F)c2F)cc1. The van der Waals surface area contributed by atoms with Crippen molar-refractivity contribution < 1.29 is 32.2 Å². The second-order valence-electron chi connectivity index (χ2n) is 7.74. The van der Waals surface area contributed by atoms with E-state index in [-0.39, 0.29) is 22.4 Å². The standard InChI is InChI=1S/C29H23F3O4/c1-3-34-21-11-9-19(10-12-21)24-15-14-23(27(31)28(24)32)18-5-7-20(8-6-18)29(33)36-26-16-13-22(35-4-2)17-25(26)30/h5-17H,3-4H2,1-2H3. The van der Waals surface area contributed by atoms with Gasteiger partial charge in [-0.1, -0.05) is 36.4 Å². The van der Waals surface area contributed by atoms with Crippen molar-refractivity contribution in [2.24, 2.45) is 0 Å². The van der Waals surface area contributed by atoms with Crippen LogP contribution in [0.3, 0.4) is 0 Å². The molecular formula is C29H23F3O4. The van der Waals surface area contributed by atoms with E-state index in [1.165, 1.54) is 48.5 Å². The van der Waals surface area contributed by atoms with E-state index in [0.29, 0.717) is 35.8 Å². The van der Waals surface area contributed by atoms with E-state index in [2.05, 4.69) is 0 Å². The molecule has 0 N–H and O–H groups in total. The first-order valence-electron chi connectivity index (χ1n) is 11.4. The average molecular weight is 492 g/mol. The number of benzene rings is 4. The molecule has 0 fully saturated rings. The van der Waals surface area contributed by atoms with Gasteiger partial charge in [0.15, 0.2) is 23.2 Å². The minimum absolute atomic E-state index is 0.0414. The molecule has 0 bridgehead atoms. The van der Waals surface area contributed by atoms with Gasteiger partial charge in [-0.25, -0.2) is 18.0 Å². The topological polar surface area (TPSA) is 44.8 Å². The zero-order chi connectivity index (χ0) is 25.7. The lowest BCUT2D eigenvalue weighted by molar-refractivity contribution is 0.0727. The Balaban J connectivity index is 1.52.